The van der Waals surface area contributed by atoms with Crippen molar-refractivity contribution in [2.75, 3.05) is 11.9 Å². The molecule has 3 N–H and O–H groups in total. The summed E-state index contributed by atoms with van der Waals surface area (Å²) >= 11 is 0. The predicted molar refractivity (Wildman–Crippen MR) is 54.7 cm³/mol. The third kappa shape index (κ3) is 1.68. The highest BCUT2D eigenvalue weighted by Gasteiger charge is 2.25. The van der Waals surface area contributed by atoms with Gasteiger partial charge in [0.25, 0.3) is 0 Å². The van der Waals surface area contributed by atoms with Gasteiger partial charge in [-0.1, -0.05) is 0 Å². The fraction of sp³-hybridized carbons (Fsp3) is 0.556. The van der Waals surface area contributed by atoms with Crippen LogP contribution in [0.25, 0.3) is 0 Å². The minimum atomic E-state index is -0.627. The number of hydrogen-bond donors (Lipinski definition) is 2. The van der Waals surface area contributed by atoms with Gasteiger partial charge in [0.15, 0.2) is 0 Å². The SMILES string of the molecule is CC(C)n1ncc2c1OCC(N)C(=O)N2. The zero-order chi connectivity index (χ0) is 11.0. The first-order chi connectivity index (χ1) is 7.09. The lowest BCUT2D eigenvalue weighted by Gasteiger charge is -2.11. The Kier molecular flexibility index (Phi) is 2.36. The number of aromatic nitrogens is 2. The molecule has 0 saturated heterocycles. The zero-order valence-electron chi connectivity index (χ0n) is 8.73. The van der Waals surface area contributed by atoms with Gasteiger partial charge in [0.2, 0.25) is 11.8 Å². The van der Waals surface area contributed by atoms with Gasteiger partial charge >= 0.3 is 0 Å². The topological polar surface area (TPSA) is 82.2 Å². The largest absolute Gasteiger partial charge is 0.474 e. The molecule has 0 saturated carbocycles. The highest BCUT2D eigenvalue weighted by Crippen LogP contribution is 2.28. The van der Waals surface area contributed by atoms with E-state index in [1.807, 2.05) is 13.8 Å². The average Bonchev–Trinajstić information content (AvgIpc) is 2.51. The Morgan fingerprint density at radius 3 is 3.13 bits per heavy atom. The number of rotatable bonds is 1. The van der Waals surface area contributed by atoms with Gasteiger partial charge in [-0.25, -0.2) is 4.68 Å². The minimum Gasteiger partial charge on any atom is -0.474 e. The van der Waals surface area contributed by atoms with E-state index < -0.39 is 6.04 Å². The summed E-state index contributed by atoms with van der Waals surface area (Å²) in [6.07, 6.45) is 1.57. The van der Waals surface area contributed by atoms with Gasteiger partial charge < -0.3 is 15.8 Å². The molecule has 0 fully saturated rings. The molecule has 82 valence electrons. The molecule has 15 heavy (non-hydrogen) atoms. The van der Waals surface area contributed by atoms with Crippen molar-refractivity contribution in [3.05, 3.63) is 6.20 Å². The maximum absolute atomic E-state index is 11.4. The van der Waals surface area contributed by atoms with Crippen molar-refractivity contribution >= 4 is 11.6 Å². The molecule has 1 amide bonds. The molecule has 1 aliphatic heterocycles. The van der Waals surface area contributed by atoms with Crippen LogP contribution in [0.2, 0.25) is 0 Å². The third-order valence-corrected chi connectivity index (χ3v) is 2.23. The Morgan fingerprint density at radius 1 is 1.73 bits per heavy atom. The molecular formula is C9H14N4O2. The van der Waals surface area contributed by atoms with Gasteiger partial charge in [-0.15, -0.1) is 0 Å². The maximum atomic E-state index is 11.4. The molecular weight excluding hydrogens is 196 g/mol. The third-order valence-electron chi connectivity index (χ3n) is 2.23. The Bertz CT molecular complexity index is 385. The van der Waals surface area contributed by atoms with Crippen LogP contribution in [0.3, 0.4) is 0 Å². The van der Waals surface area contributed by atoms with E-state index in [4.69, 9.17) is 10.5 Å². The minimum absolute atomic E-state index is 0.178. The molecule has 0 bridgehead atoms. The molecule has 0 aromatic carbocycles. The number of amides is 1. The van der Waals surface area contributed by atoms with Gasteiger partial charge in [0.05, 0.1) is 12.2 Å². The highest BCUT2D eigenvalue weighted by molar-refractivity contribution is 5.96. The van der Waals surface area contributed by atoms with E-state index in [0.717, 1.165) is 0 Å². The Balaban J connectivity index is 2.36. The summed E-state index contributed by atoms with van der Waals surface area (Å²) in [5.74, 6) is 0.336. The summed E-state index contributed by atoms with van der Waals surface area (Å²) in [4.78, 5) is 11.4. The van der Waals surface area contributed by atoms with Crippen LogP contribution in [0.5, 0.6) is 5.88 Å². The standard InChI is InChI=1S/C9H14N4O2/c1-5(2)13-9-7(3-11-13)12-8(14)6(10)4-15-9/h3,5-6H,4,10H2,1-2H3,(H,12,14). The second-order valence-corrected chi connectivity index (χ2v) is 3.81. The normalized spacial score (nSPS) is 20.5. The Labute approximate surface area is 87.4 Å². The van der Waals surface area contributed by atoms with Gasteiger partial charge in [-0.2, -0.15) is 5.10 Å². The van der Waals surface area contributed by atoms with Crippen LogP contribution in [0.1, 0.15) is 19.9 Å². The Hall–Kier alpha value is -1.56. The first-order valence-corrected chi connectivity index (χ1v) is 4.86. The van der Waals surface area contributed by atoms with E-state index in [1.165, 1.54) is 0 Å². The summed E-state index contributed by atoms with van der Waals surface area (Å²) in [5, 5.41) is 6.81. The summed E-state index contributed by atoms with van der Waals surface area (Å²) < 4.78 is 7.17. The monoisotopic (exact) mass is 210 g/mol. The van der Waals surface area contributed by atoms with Gasteiger partial charge in [0, 0.05) is 0 Å². The van der Waals surface area contributed by atoms with E-state index >= 15 is 0 Å². The van der Waals surface area contributed by atoms with E-state index in [-0.39, 0.29) is 18.6 Å². The van der Waals surface area contributed by atoms with Crippen LogP contribution in [-0.2, 0) is 4.79 Å². The number of ether oxygens (including phenoxy) is 1. The van der Waals surface area contributed by atoms with E-state index in [0.29, 0.717) is 11.6 Å². The zero-order valence-corrected chi connectivity index (χ0v) is 8.73. The number of hydrogen-bond acceptors (Lipinski definition) is 4. The number of nitrogens with one attached hydrogen (secondary N) is 1. The molecule has 0 aliphatic carbocycles. The summed E-state index contributed by atoms with van der Waals surface area (Å²) in [6.45, 7) is 4.16. The van der Waals surface area contributed by atoms with Crippen molar-refractivity contribution in [3.63, 3.8) is 0 Å². The van der Waals surface area contributed by atoms with Crippen molar-refractivity contribution in [2.45, 2.75) is 25.9 Å². The molecule has 1 aliphatic rings. The second-order valence-electron chi connectivity index (χ2n) is 3.81. The van der Waals surface area contributed by atoms with Crippen molar-refractivity contribution in [1.82, 2.24) is 9.78 Å². The fourth-order valence-electron chi connectivity index (χ4n) is 1.42. The molecule has 6 heteroatoms. The van der Waals surface area contributed by atoms with Crippen molar-refractivity contribution in [1.29, 1.82) is 0 Å². The molecule has 2 heterocycles. The fourth-order valence-corrected chi connectivity index (χ4v) is 1.42. The summed E-state index contributed by atoms with van der Waals surface area (Å²) in [5.41, 5.74) is 6.16. The number of anilines is 1. The molecule has 1 aromatic rings. The van der Waals surface area contributed by atoms with E-state index in [9.17, 15) is 4.79 Å². The number of nitrogens with zero attached hydrogens (tertiary/aromatic N) is 2. The van der Waals surface area contributed by atoms with Crippen molar-refractivity contribution < 1.29 is 9.53 Å². The number of fused-ring (bicyclic) bond motifs is 1. The van der Waals surface area contributed by atoms with Crippen LogP contribution >= 0.6 is 0 Å². The maximum Gasteiger partial charge on any atom is 0.245 e. The van der Waals surface area contributed by atoms with Crippen molar-refractivity contribution in [2.24, 2.45) is 5.73 Å². The lowest BCUT2D eigenvalue weighted by Crippen LogP contribution is -2.38. The van der Waals surface area contributed by atoms with Crippen LogP contribution in [-0.4, -0.2) is 28.3 Å². The highest BCUT2D eigenvalue weighted by atomic mass is 16.5. The molecule has 1 atom stereocenters. The quantitative estimate of drug-likeness (QED) is 0.689. The first-order valence-electron chi connectivity index (χ1n) is 4.86. The molecule has 0 spiro atoms. The molecule has 6 nitrogen and oxygen atoms in total. The van der Waals surface area contributed by atoms with Gasteiger partial charge in [0.1, 0.15) is 18.3 Å². The summed E-state index contributed by atoms with van der Waals surface area (Å²) in [6, 6.07) is -0.446. The summed E-state index contributed by atoms with van der Waals surface area (Å²) in [7, 11) is 0. The molecule has 2 rings (SSSR count). The smallest absolute Gasteiger partial charge is 0.245 e. The predicted octanol–water partition coefficient (Wildman–Crippen LogP) is 0.122. The van der Waals surface area contributed by atoms with E-state index in [1.54, 1.807) is 10.9 Å². The lowest BCUT2D eigenvalue weighted by molar-refractivity contribution is -0.117. The van der Waals surface area contributed by atoms with Gasteiger partial charge in [-0.3, -0.25) is 4.79 Å². The molecule has 1 unspecified atom stereocenters. The first kappa shape index (κ1) is 9.97. The second kappa shape index (κ2) is 3.54. The van der Waals surface area contributed by atoms with Crippen molar-refractivity contribution in [3.8, 4) is 5.88 Å². The number of carbonyl (C=O) groups excluding carboxylic acids is 1. The molecule has 0 radical (unpaired) electrons. The van der Waals surface area contributed by atoms with Crippen LogP contribution in [0.15, 0.2) is 6.20 Å². The average molecular weight is 210 g/mol. The molecule has 1 aromatic heterocycles. The van der Waals surface area contributed by atoms with Crippen LogP contribution in [0, 0.1) is 0 Å². The number of carbonyl (C=O) groups is 1. The van der Waals surface area contributed by atoms with Crippen LogP contribution in [0.4, 0.5) is 5.69 Å². The lowest BCUT2D eigenvalue weighted by atomic mass is 10.3. The van der Waals surface area contributed by atoms with E-state index in [2.05, 4.69) is 10.4 Å². The Morgan fingerprint density at radius 2 is 2.47 bits per heavy atom. The van der Waals surface area contributed by atoms with Gasteiger partial charge in [-0.05, 0) is 13.8 Å². The van der Waals surface area contributed by atoms with Crippen LogP contribution < -0.4 is 15.8 Å². The number of nitrogens with two attached hydrogens (primary N) is 1.